The maximum absolute atomic E-state index is 13.5. The molecule has 2 N–H and O–H groups in total. The second kappa shape index (κ2) is 4.59. The molecule has 3 aromatic rings. The molecule has 9 nitrogen and oxygen atoms in total. The molecule has 3 rings (SSSR count). The third kappa shape index (κ3) is 2.01. The standard InChI is InChI=1S/C10H4ClFN6O3/c11-7-5(12)1-3-6(19)4(9(20)21)2-18(8(3)13-7)10-14-16-17-15-10/h1-2H,(H,20,21)(H,14,15,16,17). The van der Waals surface area contributed by atoms with E-state index in [0.29, 0.717) is 0 Å². The number of carboxylic acid groups (broad SMARTS) is 1. The molecule has 3 aromatic heterocycles. The molecular formula is C10H4ClFN6O3. The molecule has 3 heterocycles. The summed E-state index contributed by atoms with van der Waals surface area (Å²) in [7, 11) is 0. The molecule has 0 saturated heterocycles. The minimum absolute atomic E-state index is 0.00215. The zero-order valence-electron chi connectivity index (χ0n) is 9.91. The lowest BCUT2D eigenvalue weighted by molar-refractivity contribution is 0.0695. The minimum Gasteiger partial charge on any atom is -0.477 e. The van der Waals surface area contributed by atoms with Gasteiger partial charge >= 0.3 is 5.97 Å². The van der Waals surface area contributed by atoms with Gasteiger partial charge in [-0.1, -0.05) is 16.7 Å². The number of halogens is 2. The van der Waals surface area contributed by atoms with E-state index in [-0.39, 0.29) is 17.0 Å². The van der Waals surface area contributed by atoms with Crippen molar-refractivity contribution in [2.75, 3.05) is 0 Å². The van der Waals surface area contributed by atoms with Crippen LogP contribution in [0.3, 0.4) is 0 Å². The lowest BCUT2D eigenvalue weighted by atomic mass is 10.2. The molecule has 0 saturated carbocycles. The van der Waals surface area contributed by atoms with E-state index in [1.165, 1.54) is 0 Å². The van der Waals surface area contributed by atoms with Crippen LogP contribution < -0.4 is 5.43 Å². The van der Waals surface area contributed by atoms with Gasteiger partial charge in [0.2, 0.25) is 5.43 Å². The van der Waals surface area contributed by atoms with Crippen LogP contribution in [-0.2, 0) is 0 Å². The van der Waals surface area contributed by atoms with Gasteiger partial charge in [-0.15, -0.1) is 0 Å². The monoisotopic (exact) mass is 310 g/mol. The molecule has 0 aliphatic carbocycles. The molecule has 0 unspecified atom stereocenters. The first kappa shape index (κ1) is 13.1. The maximum Gasteiger partial charge on any atom is 0.341 e. The zero-order chi connectivity index (χ0) is 15.1. The van der Waals surface area contributed by atoms with Crippen molar-refractivity contribution in [2.24, 2.45) is 0 Å². The van der Waals surface area contributed by atoms with Crippen LogP contribution >= 0.6 is 11.6 Å². The van der Waals surface area contributed by atoms with Gasteiger partial charge in [0.25, 0.3) is 5.95 Å². The third-order valence-electron chi connectivity index (χ3n) is 2.68. The molecular weight excluding hydrogens is 307 g/mol. The highest BCUT2D eigenvalue weighted by Crippen LogP contribution is 2.19. The van der Waals surface area contributed by atoms with E-state index >= 15 is 0 Å². The molecule has 0 aromatic carbocycles. The Balaban J connectivity index is 2.51. The number of rotatable bonds is 2. The Hall–Kier alpha value is -2.88. The van der Waals surface area contributed by atoms with Crippen LogP contribution in [0.5, 0.6) is 0 Å². The van der Waals surface area contributed by atoms with Gasteiger partial charge in [-0.25, -0.2) is 19.3 Å². The van der Waals surface area contributed by atoms with Gasteiger partial charge < -0.3 is 5.11 Å². The summed E-state index contributed by atoms with van der Waals surface area (Å²) < 4.78 is 14.6. The summed E-state index contributed by atoms with van der Waals surface area (Å²) in [4.78, 5) is 26.9. The molecule has 0 fully saturated rings. The van der Waals surface area contributed by atoms with E-state index in [0.717, 1.165) is 16.8 Å². The molecule has 0 bridgehead atoms. The van der Waals surface area contributed by atoms with E-state index in [1.807, 2.05) is 0 Å². The van der Waals surface area contributed by atoms with E-state index in [2.05, 4.69) is 25.6 Å². The largest absolute Gasteiger partial charge is 0.477 e. The van der Waals surface area contributed by atoms with Gasteiger partial charge in [-0.2, -0.15) is 0 Å². The van der Waals surface area contributed by atoms with Crippen molar-refractivity contribution >= 4 is 28.6 Å². The van der Waals surface area contributed by atoms with E-state index in [4.69, 9.17) is 16.7 Å². The summed E-state index contributed by atoms with van der Waals surface area (Å²) in [5.74, 6) is -2.41. The summed E-state index contributed by atoms with van der Waals surface area (Å²) in [6, 6.07) is 0.819. The van der Waals surface area contributed by atoms with Gasteiger partial charge in [-0.05, 0) is 16.5 Å². The van der Waals surface area contributed by atoms with Crippen LogP contribution in [0.25, 0.3) is 17.0 Å². The molecule has 11 heteroatoms. The average molecular weight is 311 g/mol. The third-order valence-corrected chi connectivity index (χ3v) is 2.95. The van der Waals surface area contributed by atoms with Crippen molar-refractivity contribution in [3.63, 3.8) is 0 Å². The van der Waals surface area contributed by atoms with Crippen molar-refractivity contribution in [1.29, 1.82) is 0 Å². The molecule has 0 spiro atoms. The number of aromatic carboxylic acids is 1. The smallest absolute Gasteiger partial charge is 0.341 e. The van der Waals surface area contributed by atoms with Crippen LogP contribution in [0, 0.1) is 5.82 Å². The Kier molecular flexibility index (Phi) is 2.87. The van der Waals surface area contributed by atoms with Crippen LogP contribution in [-0.4, -0.2) is 41.3 Å². The van der Waals surface area contributed by atoms with E-state index in [9.17, 15) is 14.0 Å². The SMILES string of the molecule is O=C(O)c1cn(-c2nnn[nH]2)c2nc(Cl)c(F)cc2c1=O. The molecule has 0 aliphatic heterocycles. The number of nitrogens with one attached hydrogen (secondary N) is 1. The summed E-state index contributed by atoms with van der Waals surface area (Å²) in [5.41, 5.74) is -1.54. The number of H-pyrrole nitrogens is 1. The van der Waals surface area contributed by atoms with Crippen molar-refractivity contribution in [2.45, 2.75) is 0 Å². The van der Waals surface area contributed by atoms with Gasteiger partial charge in [0.05, 0.1) is 5.39 Å². The molecule has 21 heavy (non-hydrogen) atoms. The van der Waals surface area contributed by atoms with Crippen LogP contribution in [0.2, 0.25) is 5.15 Å². The van der Waals surface area contributed by atoms with Gasteiger partial charge in [0, 0.05) is 6.20 Å². The molecule has 0 radical (unpaired) electrons. The number of carbonyl (C=O) groups is 1. The maximum atomic E-state index is 13.5. The van der Waals surface area contributed by atoms with Gasteiger partial charge in [0.15, 0.2) is 16.6 Å². The predicted molar refractivity (Wildman–Crippen MR) is 67.0 cm³/mol. The number of pyridine rings is 2. The highest BCUT2D eigenvalue weighted by molar-refractivity contribution is 6.29. The summed E-state index contributed by atoms with van der Waals surface area (Å²) in [6.45, 7) is 0. The Morgan fingerprint density at radius 2 is 2.24 bits per heavy atom. The fraction of sp³-hybridized carbons (Fsp3) is 0. The molecule has 0 amide bonds. The van der Waals surface area contributed by atoms with Crippen molar-refractivity contribution in [3.8, 4) is 5.95 Å². The topological polar surface area (TPSA) is 127 Å². The minimum atomic E-state index is -1.47. The van der Waals surface area contributed by atoms with Gasteiger partial charge in [0.1, 0.15) is 5.56 Å². The fourth-order valence-corrected chi connectivity index (χ4v) is 1.91. The highest BCUT2D eigenvalue weighted by Gasteiger charge is 2.19. The number of aromatic nitrogens is 6. The number of nitrogens with zero attached hydrogens (tertiary/aromatic N) is 5. The summed E-state index contributed by atoms with van der Waals surface area (Å²) in [6.07, 6.45) is 0.983. The number of carboxylic acids is 1. The number of aromatic amines is 1. The number of hydrogen-bond acceptors (Lipinski definition) is 6. The highest BCUT2D eigenvalue weighted by atomic mass is 35.5. The Morgan fingerprint density at radius 1 is 1.48 bits per heavy atom. The van der Waals surface area contributed by atoms with Crippen LogP contribution in [0.4, 0.5) is 4.39 Å². The second-order valence-corrected chi connectivity index (χ2v) is 4.26. The average Bonchev–Trinajstić information content (AvgIpc) is 2.95. The molecule has 106 valence electrons. The number of fused-ring (bicyclic) bond motifs is 1. The van der Waals surface area contributed by atoms with E-state index < -0.39 is 27.9 Å². The van der Waals surface area contributed by atoms with Crippen molar-refractivity contribution < 1.29 is 14.3 Å². The summed E-state index contributed by atoms with van der Waals surface area (Å²) >= 11 is 5.60. The summed E-state index contributed by atoms with van der Waals surface area (Å²) in [5, 5.41) is 21.0. The van der Waals surface area contributed by atoms with Crippen LogP contribution in [0.15, 0.2) is 17.1 Å². The number of tetrazole rings is 1. The Bertz CT molecular complexity index is 923. The van der Waals surface area contributed by atoms with Crippen molar-refractivity contribution in [1.82, 2.24) is 30.2 Å². The van der Waals surface area contributed by atoms with Crippen LogP contribution in [0.1, 0.15) is 10.4 Å². The van der Waals surface area contributed by atoms with E-state index in [1.54, 1.807) is 0 Å². The normalized spacial score (nSPS) is 11.0. The first-order valence-electron chi connectivity index (χ1n) is 5.38. The first-order valence-corrected chi connectivity index (χ1v) is 5.75. The van der Waals surface area contributed by atoms with Crippen molar-refractivity contribution in [3.05, 3.63) is 39.0 Å². The predicted octanol–water partition coefficient (Wildman–Crippen LogP) is 0.389. The molecule has 0 aliphatic rings. The first-order chi connectivity index (χ1) is 9.99. The van der Waals surface area contributed by atoms with Gasteiger partial charge in [-0.3, -0.25) is 9.36 Å². The second-order valence-electron chi connectivity index (χ2n) is 3.90. The fourth-order valence-electron chi connectivity index (χ4n) is 1.77. The quantitative estimate of drug-likeness (QED) is 0.655. The zero-order valence-corrected chi connectivity index (χ0v) is 10.7. The lowest BCUT2D eigenvalue weighted by Gasteiger charge is -2.08. The Morgan fingerprint density at radius 3 is 2.86 bits per heavy atom. The Labute approximate surface area is 119 Å². The molecule has 0 atom stereocenters. The lowest BCUT2D eigenvalue weighted by Crippen LogP contribution is -2.19. The number of hydrogen-bond donors (Lipinski definition) is 2.